The fraction of sp³-hybridized carbons (Fsp3) is 0.0667. The zero-order valence-electron chi connectivity index (χ0n) is 11.9. The molecule has 0 radical (unpaired) electrons. The highest BCUT2D eigenvalue weighted by molar-refractivity contribution is 6.30. The molecule has 2 amide bonds. The van der Waals surface area contributed by atoms with Crippen LogP contribution in [0.4, 0.5) is 0 Å². The number of hydrogen-bond acceptors (Lipinski definition) is 4. The van der Waals surface area contributed by atoms with Crippen molar-refractivity contribution in [3.05, 3.63) is 59.1 Å². The van der Waals surface area contributed by atoms with Crippen LogP contribution in [0.3, 0.4) is 0 Å². The van der Waals surface area contributed by atoms with Crippen molar-refractivity contribution in [1.82, 2.24) is 25.8 Å². The minimum absolute atomic E-state index is 0.0542. The highest BCUT2D eigenvalue weighted by Gasteiger charge is 2.10. The van der Waals surface area contributed by atoms with E-state index in [-0.39, 0.29) is 6.54 Å². The molecule has 0 saturated carbocycles. The van der Waals surface area contributed by atoms with Gasteiger partial charge in [-0.25, -0.2) is 4.68 Å². The number of nitrogens with one attached hydrogen (secondary N) is 2. The zero-order chi connectivity index (χ0) is 16.2. The van der Waals surface area contributed by atoms with Crippen LogP contribution in [0.5, 0.6) is 0 Å². The number of carbonyl (C=O) groups is 2. The first-order valence-corrected chi connectivity index (χ1v) is 7.14. The number of hydrazine groups is 1. The molecule has 0 atom stereocenters. The molecule has 2 N–H and O–H groups in total. The molecule has 0 aliphatic heterocycles. The molecule has 2 aromatic carbocycles. The molecule has 3 aromatic rings. The lowest BCUT2D eigenvalue weighted by Gasteiger charge is -2.07. The minimum atomic E-state index is -0.432. The van der Waals surface area contributed by atoms with Gasteiger partial charge < -0.3 is 0 Å². The van der Waals surface area contributed by atoms with E-state index in [2.05, 4.69) is 21.2 Å². The standard InChI is InChI=1S/C15H12ClN5O2/c16-11-7-5-10(6-8-11)15(23)19-18-14(22)9-21-13-4-2-1-3-12(13)17-20-21/h1-8H,9H2,(H,18,22)(H,19,23). The van der Waals surface area contributed by atoms with Crippen LogP contribution in [-0.2, 0) is 11.3 Å². The average molecular weight is 330 g/mol. The third kappa shape index (κ3) is 3.46. The summed E-state index contributed by atoms with van der Waals surface area (Å²) in [5.74, 6) is -0.846. The van der Waals surface area contributed by atoms with E-state index in [1.54, 1.807) is 30.3 Å². The Hall–Kier alpha value is -2.93. The van der Waals surface area contributed by atoms with Gasteiger partial charge in [0, 0.05) is 10.6 Å². The van der Waals surface area contributed by atoms with Crippen LogP contribution in [0.15, 0.2) is 48.5 Å². The molecular formula is C15H12ClN5O2. The van der Waals surface area contributed by atoms with Crippen molar-refractivity contribution >= 4 is 34.4 Å². The van der Waals surface area contributed by atoms with E-state index in [1.807, 2.05) is 18.2 Å². The smallest absolute Gasteiger partial charge is 0.269 e. The predicted octanol–water partition coefficient (Wildman–Crippen LogP) is 1.55. The van der Waals surface area contributed by atoms with Crippen molar-refractivity contribution in [2.24, 2.45) is 0 Å². The molecule has 1 heterocycles. The highest BCUT2D eigenvalue weighted by Crippen LogP contribution is 2.10. The van der Waals surface area contributed by atoms with Gasteiger partial charge >= 0.3 is 0 Å². The molecular weight excluding hydrogens is 318 g/mol. The second-order valence-corrected chi connectivity index (χ2v) is 5.18. The second-order valence-electron chi connectivity index (χ2n) is 4.74. The quantitative estimate of drug-likeness (QED) is 0.713. The molecule has 8 heteroatoms. The first-order valence-electron chi connectivity index (χ1n) is 6.76. The molecule has 0 unspecified atom stereocenters. The largest absolute Gasteiger partial charge is 0.271 e. The summed E-state index contributed by atoms with van der Waals surface area (Å²) in [7, 11) is 0. The Bertz CT molecular complexity index is 860. The van der Waals surface area contributed by atoms with E-state index in [9.17, 15) is 9.59 Å². The van der Waals surface area contributed by atoms with Gasteiger partial charge in [0.25, 0.3) is 11.8 Å². The SMILES string of the molecule is O=C(Cn1nnc2ccccc21)NNC(=O)c1ccc(Cl)cc1. The number of para-hydroxylation sites is 1. The van der Waals surface area contributed by atoms with Crippen molar-refractivity contribution in [1.29, 1.82) is 0 Å². The molecule has 23 heavy (non-hydrogen) atoms. The van der Waals surface area contributed by atoms with Crippen LogP contribution in [-0.4, -0.2) is 26.8 Å². The van der Waals surface area contributed by atoms with Gasteiger partial charge in [0.05, 0.1) is 5.52 Å². The Labute approximate surface area is 136 Å². The summed E-state index contributed by atoms with van der Waals surface area (Å²) in [5, 5.41) is 8.40. The van der Waals surface area contributed by atoms with Crippen LogP contribution >= 0.6 is 11.6 Å². The van der Waals surface area contributed by atoms with Crippen LogP contribution in [0.2, 0.25) is 5.02 Å². The van der Waals surface area contributed by atoms with E-state index in [1.165, 1.54) is 4.68 Å². The van der Waals surface area contributed by atoms with Gasteiger partial charge in [-0.15, -0.1) is 5.10 Å². The van der Waals surface area contributed by atoms with Crippen LogP contribution < -0.4 is 10.9 Å². The Morgan fingerprint density at radius 2 is 1.78 bits per heavy atom. The van der Waals surface area contributed by atoms with Crippen molar-refractivity contribution in [2.75, 3.05) is 0 Å². The van der Waals surface area contributed by atoms with Gasteiger partial charge in [-0.05, 0) is 36.4 Å². The fourth-order valence-corrected chi connectivity index (χ4v) is 2.14. The van der Waals surface area contributed by atoms with Crippen molar-refractivity contribution in [3.8, 4) is 0 Å². The minimum Gasteiger partial charge on any atom is -0.271 e. The van der Waals surface area contributed by atoms with Gasteiger partial charge in [0.15, 0.2) is 0 Å². The van der Waals surface area contributed by atoms with E-state index >= 15 is 0 Å². The Kier molecular flexibility index (Phi) is 4.20. The molecule has 0 saturated heterocycles. The molecule has 1 aromatic heterocycles. The summed E-state index contributed by atoms with van der Waals surface area (Å²) in [5.41, 5.74) is 6.51. The predicted molar refractivity (Wildman–Crippen MR) is 84.6 cm³/mol. The van der Waals surface area contributed by atoms with Crippen molar-refractivity contribution < 1.29 is 9.59 Å². The summed E-state index contributed by atoms with van der Waals surface area (Å²) in [6.45, 7) is -0.0542. The van der Waals surface area contributed by atoms with E-state index < -0.39 is 11.8 Å². The van der Waals surface area contributed by atoms with Crippen LogP contribution in [0.1, 0.15) is 10.4 Å². The number of hydrogen-bond donors (Lipinski definition) is 2. The Morgan fingerprint density at radius 3 is 2.57 bits per heavy atom. The average Bonchev–Trinajstić information content (AvgIpc) is 2.96. The number of amides is 2. The van der Waals surface area contributed by atoms with Crippen LogP contribution in [0.25, 0.3) is 11.0 Å². The lowest BCUT2D eigenvalue weighted by molar-refractivity contribution is -0.122. The number of carbonyl (C=O) groups excluding carboxylic acids is 2. The number of aromatic nitrogens is 3. The summed E-state index contributed by atoms with van der Waals surface area (Å²) in [4.78, 5) is 23.8. The second kappa shape index (κ2) is 6.45. The summed E-state index contributed by atoms with van der Waals surface area (Å²) < 4.78 is 1.46. The lowest BCUT2D eigenvalue weighted by atomic mass is 10.2. The van der Waals surface area contributed by atoms with Crippen molar-refractivity contribution in [2.45, 2.75) is 6.54 Å². The van der Waals surface area contributed by atoms with Gasteiger partial charge in [0.2, 0.25) is 0 Å². The number of benzene rings is 2. The maximum absolute atomic E-state index is 11.9. The van der Waals surface area contributed by atoms with Gasteiger partial charge in [-0.1, -0.05) is 28.9 Å². The number of rotatable bonds is 3. The van der Waals surface area contributed by atoms with Gasteiger partial charge in [0.1, 0.15) is 12.1 Å². The van der Waals surface area contributed by atoms with Crippen molar-refractivity contribution in [3.63, 3.8) is 0 Å². The normalized spacial score (nSPS) is 10.5. The molecule has 0 fully saturated rings. The maximum atomic E-state index is 11.9. The number of halogens is 1. The van der Waals surface area contributed by atoms with Crippen LogP contribution in [0, 0.1) is 0 Å². The molecule has 7 nitrogen and oxygen atoms in total. The lowest BCUT2D eigenvalue weighted by Crippen LogP contribution is -2.43. The molecule has 0 spiro atoms. The highest BCUT2D eigenvalue weighted by atomic mass is 35.5. The molecule has 116 valence electrons. The molecule has 0 bridgehead atoms. The monoisotopic (exact) mass is 329 g/mol. The Morgan fingerprint density at radius 1 is 1.04 bits per heavy atom. The molecule has 0 aliphatic rings. The first-order chi connectivity index (χ1) is 11.1. The third-order valence-electron chi connectivity index (χ3n) is 3.14. The summed E-state index contributed by atoms with van der Waals surface area (Å²) in [6, 6.07) is 13.6. The van der Waals surface area contributed by atoms with Gasteiger partial charge in [-0.2, -0.15) is 0 Å². The third-order valence-corrected chi connectivity index (χ3v) is 3.39. The van der Waals surface area contributed by atoms with E-state index in [0.717, 1.165) is 5.52 Å². The fourth-order valence-electron chi connectivity index (χ4n) is 2.01. The van der Waals surface area contributed by atoms with E-state index in [4.69, 9.17) is 11.6 Å². The number of nitrogens with zero attached hydrogens (tertiary/aromatic N) is 3. The van der Waals surface area contributed by atoms with Gasteiger partial charge in [-0.3, -0.25) is 20.4 Å². The topological polar surface area (TPSA) is 88.9 Å². The Balaban J connectivity index is 1.59. The zero-order valence-corrected chi connectivity index (χ0v) is 12.6. The molecule has 3 rings (SSSR count). The van der Waals surface area contributed by atoms with E-state index in [0.29, 0.717) is 16.1 Å². The summed E-state index contributed by atoms with van der Waals surface area (Å²) >= 11 is 5.75. The first kappa shape index (κ1) is 15.0. The number of fused-ring (bicyclic) bond motifs is 1. The maximum Gasteiger partial charge on any atom is 0.269 e. The molecule has 0 aliphatic carbocycles. The summed E-state index contributed by atoms with van der Waals surface area (Å²) in [6.07, 6.45) is 0.